The molecule has 4 rings (SSSR count). The van der Waals surface area contributed by atoms with E-state index in [1.165, 1.54) is 4.90 Å². The molecule has 3 aromatic carbocycles. The van der Waals surface area contributed by atoms with E-state index in [2.05, 4.69) is 5.32 Å². The first-order valence-corrected chi connectivity index (χ1v) is 11.1. The second-order valence-corrected chi connectivity index (χ2v) is 8.62. The van der Waals surface area contributed by atoms with Gasteiger partial charge in [-0.25, -0.2) is 4.90 Å². The fourth-order valence-corrected chi connectivity index (χ4v) is 3.91. The number of anilines is 2. The van der Waals surface area contributed by atoms with E-state index in [0.717, 1.165) is 22.4 Å². The molecule has 0 saturated carbocycles. The molecule has 0 atom stereocenters. The number of aryl methyl sites for hydroxylation is 3. The van der Waals surface area contributed by atoms with Gasteiger partial charge < -0.3 is 10.1 Å². The maximum atomic E-state index is 13.7. The summed E-state index contributed by atoms with van der Waals surface area (Å²) in [6.07, 6.45) is 0.0443. The van der Waals surface area contributed by atoms with Gasteiger partial charge in [0.2, 0.25) is 0 Å². The Labute approximate surface area is 194 Å². The molecule has 1 aliphatic rings. The molecule has 2 amide bonds. The lowest BCUT2D eigenvalue weighted by Crippen LogP contribution is -2.33. The predicted molar refractivity (Wildman–Crippen MR) is 132 cm³/mol. The summed E-state index contributed by atoms with van der Waals surface area (Å²) in [7, 11) is 0. The van der Waals surface area contributed by atoms with Crippen LogP contribution in [0.5, 0.6) is 5.75 Å². The van der Waals surface area contributed by atoms with Crippen LogP contribution in [0, 0.1) is 20.8 Å². The third-order valence-electron chi connectivity index (χ3n) is 5.61. The number of benzene rings is 3. The Hall–Kier alpha value is -3.86. The molecule has 5 heteroatoms. The first-order chi connectivity index (χ1) is 15.8. The minimum Gasteiger partial charge on any atom is -0.491 e. The summed E-state index contributed by atoms with van der Waals surface area (Å²) in [5, 5.41) is 3.25. The van der Waals surface area contributed by atoms with Crippen LogP contribution in [0.1, 0.15) is 36.1 Å². The highest BCUT2D eigenvalue weighted by Gasteiger charge is 2.41. The van der Waals surface area contributed by atoms with E-state index in [1.54, 1.807) is 0 Å². The van der Waals surface area contributed by atoms with Crippen LogP contribution in [0.3, 0.4) is 0 Å². The fourth-order valence-electron chi connectivity index (χ4n) is 3.91. The van der Waals surface area contributed by atoms with Crippen molar-refractivity contribution in [1.82, 2.24) is 0 Å². The minimum atomic E-state index is -0.366. The largest absolute Gasteiger partial charge is 0.491 e. The van der Waals surface area contributed by atoms with Crippen molar-refractivity contribution in [3.8, 4) is 5.75 Å². The van der Waals surface area contributed by atoms with E-state index < -0.39 is 0 Å². The maximum absolute atomic E-state index is 13.7. The standard InChI is InChI=1S/C28H28N2O3/c1-17(2)33-22-14-12-21(13-15-22)25-26(29-23-9-7-6-8-19(23)4)28(32)30(27(25)31)24-16-18(3)10-11-20(24)5/h6-17,29H,1-5H3. The van der Waals surface area contributed by atoms with Crippen molar-refractivity contribution in [2.75, 3.05) is 10.2 Å². The van der Waals surface area contributed by atoms with Gasteiger partial charge in [-0.15, -0.1) is 0 Å². The molecule has 0 aliphatic carbocycles. The molecule has 0 bridgehead atoms. The summed E-state index contributed by atoms with van der Waals surface area (Å²) >= 11 is 0. The van der Waals surface area contributed by atoms with E-state index in [4.69, 9.17) is 4.74 Å². The molecule has 1 N–H and O–H groups in total. The molecule has 0 fully saturated rings. The van der Waals surface area contributed by atoms with E-state index in [0.29, 0.717) is 22.6 Å². The second kappa shape index (κ2) is 8.94. The Balaban J connectivity index is 1.82. The normalized spacial score (nSPS) is 13.8. The molecule has 168 valence electrons. The topological polar surface area (TPSA) is 58.6 Å². The van der Waals surface area contributed by atoms with Gasteiger partial charge in [0.15, 0.2) is 0 Å². The van der Waals surface area contributed by atoms with Crippen molar-refractivity contribution in [1.29, 1.82) is 0 Å². The molecule has 0 unspecified atom stereocenters. The molecule has 3 aromatic rings. The highest BCUT2D eigenvalue weighted by molar-refractivity contribution is 6.46. The minimum absolute atomic E-state index is 0.0443. The smallest absolute Gasteiger partial charge is 0.282 e. The predicted octanol–water partition coefficient (Wildman–Crippen LogP) is 5.80. The number of rotatable bonds is 6. The number of ether oxygens (including phenoxy) is 1. The third kappa shape index (κ3) is 4.40. The number of nitrogens with one attached hydrogen (secondary N) is 1. The average molecular weight is 441 g/mol. The molecule has 5 nitrogen and oxygen atoms in total. The summed E-state index contributed by atoms with van der Waals surface area (Å²) in [4.78, 5) is 28.6. The van der Waals surface area contributed by atoms with E-state index in [9.17, 15) is 9.59 Å². The third-order valence-corrected chi connectivity index (χ3v) is 5.61. The Bertz CT molecular complexity index is 1260. The van der Waals surface area contributed by atoms with Crippen molar-refractivity contribution in [2.24, 2.45) is 0 Å². The van der Waals surface area contributed by atoms with Crippen LogP contribution in [0.15, 0.2) is 72.4 Å². The molecule has 0 radical (unpaired) electrons. The van der Waals surface area contributed by atoms with Gasteiger partial charge in [0.25, 0.3) is 11.8 Å². The number of para-hydroxylation sites is 1. The average Bonchev–Trinajstić information content (AvgIpc) is 3.01. The number of hydrogen-bond donors (Lipinski definition) is 1. The summed E-state index contributed by atoms with van der Waals surface area (Å²) in [5.41, 5.74) is 5.49. The van der Waals surface area contributed by atoms with Gasteiger partial charge in [-0.1, -0.05) is 42.5 Å². The van der Waals surface area contributed by atoms with Gasteiger partial charge in [-0.3, -0.25) is 9.59 Å². The second-order valence-electron chi connectivity index (χ2n) is 8.62. The van der Waals surface area contributed by atoms with Gasteiger partial charge in [-0.2, -0.15) is 0 Å². The molecule has 1 aliphatic heterocycles. The number of hydrogen-bond acceptors (Lipinski definition) is 4. The molecule has 0 spiro atoms. The lowest BCUT2D eigenvalue weighted by molar-refractivity contribution is -0.120. The number of nitrogens with zero attached hydrogens (tertiary/aromatic N) is 1. The maximum Gasteiger partial charge on any atom is 0.282 e. The zero-order valence-corrected chi connectivity index (χ0v) is 19.6. The van der Waals surface area contributed by atoms with Gasteiger partial charge >= 0.3 is 0 Å². The summed E-state index contributed by atoms with van der Waals surface area (Å²) < 4.78 is 5.74. The summed E-state index contributed by atoms with van der Waals surface area (Å²) in [6, 6.07) is 20.8. The first-order valence-electron chi connectivity index (χ1n) is 11.1. The highest BCUT2D eigenvalue weighted by Crippen LogP contribution is 2.36. The van der Waals surface area contributed by atoms with Gasteiger partial charge in [0.1, 0.15) is 11.4 Å². The van der Waals surface area contributed by atoms with Crippen LogP contribution in [-0.4, -0.2) is 17.9 Å². The first kappa shape index (κ1) is 22.3. The quantitative estimate of drug-likeness (QED) is 0.493. The van der Waals surface area contributed by atoms with E-state index in [-0.39, 0.29) is 23.6 Å². The van der Waals surface area contributed by atoms with Gasteiger partial charge in [0, 0.05) is 5.69 Å². The lowest BCUT2D eigenvalue weighted by Gasteiger charge is -2.18. The summed E-state index contributed by atoms with van der Waals surface area (Å²) in [5.74, 6) is 0.00249. The van der Waals surface area contributed by atoms with Crippen LogP contribution in [0.2, 0.25) is 0 Å². The van der Waals surface area contributed by atoms with Crippen molar-refractivity contribution in [3.63, 3.8) is 0 Å². The van der Waals surface area contributed by atoms with Crippen LogP contribution in [0.4, 0.5) is 11.4 Å². The molecular formula is C28H28N2O3. The van der Waals surface area contributed by atoms with Gasteiger partial charge in [-0.05, 0) is 81.1 Å². The Kier molecular flexibility index (Phi) is 6.05. The van der Waals surface area contributed by atoms with E-state index >= 15 is 0 Å². The van der Waals surface area contributed by atoms with E-state index in [1.807, 2.05) is 101 Å². The summed E-state index contributed by atoms with van der Waals surface area (Å²) in [6.45, 7) is 9.73. The van der Waals surface area contributed by atoms with Gasteiger partial charge in [0.05, 0.1) is 17.4 Å². The molecular weight excluding hydrogens is 412 g/mol. The molecule has 0 saturated heterocycles. The van der Waals surface area contributed by atoms with Crippen molar-refractivity contribution >= 4 is 28.8 Å². The number of carbonyl (C=O) groups is 2. The zero-order chi connectivity index (χ0) is 23.7. The molecule has 33 heavy (non-hydrogen) atoms. The number of amides is 2. The van der Waals surface area contributed by atoms with Crippen molar-refractivity contribution < 1.29 is 14.3 Å². The lowest BCUT2D eigenvalue weighted by atomic mass is 10.0. The van der Waals surface area contributed by atoms with Crippen molar-refractivity contribution in [3.05, 3.63) is 94.7 Å². The van der Waals surface area contributed by atoms with Crippen LogP contribution < -0.4 is 15.0 Å². The highest BCUT2D eigenvalue weighted by atomic mass is 16.5. The van der Waals surface area contributed by atoms with Crippen LogP contribution in [0.25, 0.3) is 5.57 Å². The SMILES string of the molecule is Cc1ccc(C)c(N2C(=O)C(Nc3ccccc3C)=C(c3ccc(OC(C)C)cc3)C2=O)c1. The monoisotopic (exact) mass is 440 g/mol. The Morgan fingerprint density at radius 3 is 2.18 bits per heavy atom. The van der Waals surface area contributed by atoms with Crippen molar-refractivity contribution in [2.45, 2.75) is 40.7 Å². The number of imide groups is 1. The van der Waals surface area contributed by atoms with Crippen LogP contribution >= 0.6 is 0 Å². The zero-order valence-electron chi connectivity index (χ0n) is 19.6. The Morgan fingerprint density at radius 1 is 0.818 bits per heavy atom. The van der Waals surface area contributed by atoms with Crippen LogP contribution in [-0.2, 0) is 9.59 Å². The number of carbonyl (C=O) groups excluding carboxylic acids is 2. The molecule has 0 aromatic heterocycles. The Morgan fingerprint density at radius 2 is 1.52 bits per heavy atom. The molecule has 1 heterocycles. The fraction of sp³-hybridized carbons (Fsp3) is 0.214.